The van der Waals surface area contributed by atoms with Crippen molar-refractivity contribution >= 4 is 35.7 Å². The van der Waals surface area contributed by atoms with Crippen molar-refractivity contribution in [3.63, 3.8) is 0 Å². The number of nitrogens with zero attached hydrogens (tertiary/aromatic N) is 8. The molecule has 3 N–H and O–H groups in total. The lowest BCUT2D eigenvalue weighted by molar-refractivity contribution is -0.150. The van der Waals surface area contributed by atoms with Gasteiger partial charge in [-0.05, 0) is 54.9 Å². The van der Waals surface area contributed by atoms with E-state index in [1.54, 1.807) is 40.6 Å². The van der Waals surface area contributed by atoms with Crippen LogP contribution in [0.4, 0.5) is 31.5 Å². The maximum Gasteiger partial charge on any atom is 0.411 e. The molecule has 2 aromatic carbocycles. The van der Waals surface area contributed by atoms with Gasteiger partial charge < -0.3 is 15.2 Å². The number of aliphatic imine (C=N–C) groups is 1. The van der Waals surface area contributed by atoms with Gasteiger partial charge in [-0.1, -0.05) is 62.7 Å². The van der Waals surface area contributed by atoms with Gasteiger partial charge >= 0.3 is 24.9 Å². The molecule has 3 heterocycles. The summed E-state index contributed by atoms with van der Waals surface area (Å²) in [5, 5.41) is 26.1. The predicted octanol–water partition coefficient (Wildman–Crippen LogP) is 7.10. The Morgan fingerprint density at radius 3 is 2.39 bits per heavy atom. The Balaban J connectivity index is 1.45. The van der Waals surface area contributed by atoms with Gasteiger partial charge in [0.05, 0.1) is 23.3 Å². The molecule has 1 saturated carbocycles. The molecule has 1 aliphatic carbocycles. The summed E-state index contributed by atoms with van der Waals surface area (Å²) < 4.78 is 73.2. The summed E-state index contributed by atoms with van der Waals surface area (Å²) in [5.74, 6) is -1.69. The van der Waals surface area contributed by atoms with E-state index in [9.17, 15) is 36.6 Å². The summed E-state index contributed by atoms with van der Waals surface area (Å²) in [6, 6.07) is 6.98. The van der Waals surface area contributed by atoms with Gasteiger partial charge in [0.15, 0.2) is 11.4 Å². The monoisotopic (exact) mass is 806 g/mol. The molecule has 56 heavy (non-hydrogen) atoms. The van der Waals surface area contributed by atoms with Gasteiger partial charge in [0, 0.05) is 11.1 Å². The number of aromatic nitrogens is 6. The third-order valence-corrected chi connectivity index (χ3v) is 9.36. The van der Waals surface area contributed by atoms with Crippen molar-refractivity contribution in [1.82, 2.24) is 45.3 Å². The summed E-state index contributed by atoms with van der Waals surface area (Å²) in [6.07, 6.45) is -3.52. The summed E-state index contributed by atoms with van der Waals surface area (Å²) in [5.41, 5.74) is -0.912. The molecule has 21 heteroatoms. The smallest absolute Gasteiger partial charge is 0.411 e. The van der Waals surface area contributed by atoms with Gasteiger partial charge in [-0.3, -0.25) is 15.0 Å². The zero-order valence-corrected chi connectivity index (χ0v) is 31.0. The molecule has 2 aliphatic rings. The molecule has 1 fully saturated rings. The first kappa shape index (κ1) is 40.0. The number of alkyl halides is 5. The maximum atomic E-state index is 15.1. The first-order valence-corrected chi connectivity index (χ1v) is 17.6. The van der Waals surface area contributed by atoms with Crippen molar-refractivity contribution in [2.75, 3.05) is 6.61 Å². The Hall–Kier alpha value is -5.66. The van der Waals surface area contributed by atoms with Crippen molar-refractivity contribution in [3.8, 4) is 22.6 Å². The molecule has 1 aliphatic heterocycles. The van der Waals surface area contributed by atoms with Crippen molar-refractivity contribution in [1.29, 1.82) is 0 Å². The number of carbonyl (C=O) groups is 3. The quantitative estimate of drug-likeness (QED) is 0.133. The lowest BCUT2D eigenvalue weighted by atomic mass is 9.75. The number of carbonyl (C=O) groups excluding carboxylic acids is 2. The van der Waals surface area contributed by atoms with Crippen molar-refractivity contribution < 1.29 is 46.2 Å². The number of carboxylic acid groups (broad SMARTS) is 1. The number of ether oxygens (including phenoxy) is 1. The van der Waals surface area contributed by atoms with E-state index in [1.165, 1.54) is 18.2 Å². The van der Waals surface area contributed by atoms with Crippen LogP contribution in [0.15, 0.2) is 60.0 Å². The third kappa shape index (κ3) is 8.43. The highest BCUT2D eigenvalue weighted by molar-refractivity contribution is 6.33. The Kier molecular flexibility index (Phi) is 10.8. The second-order valence-electron chi connectivity index (χ2n) is 14.6. The largest absolute Gasteiger partial charge is 0.465 e. The van der Waals surface area contributed by atoms with Crippen LogP contribution in [0.3, 0.4) is 0 Å². The fourth-order valence-electron chi connectivity index (χ4n) is 6.31. The minimum atomic E-state index is -4.82. The minimum absolute atomic E-state index is 0.0118. The van der Waals surface area contributed by atoms with Crippen molar-refractivity contribution in [3.05, 3.63) is 71.1 Å². The van der Waals surface area contributed by atoms with Crippen LogP contribution in [-0.2, 0) is 15.1 Å². The molecule has 0 bridgehead atoms. The lowest BCUT2D eigenvalue weighted by Crippen LogP contribution is -2.50. The van der Waals surface area contributed by atoms with E-state index in [-0.39, 0.29) is 39.1 Å². The molecule has 2 aromatic heterocycles. The molecule has 298 valence electrons. The summed E-state index contributed by atoms with van der Waals surface area (Å²) in [7, 11) is 0. The van der Waals surface area contributed by atoms with Crippen molar-refractivity contribution in [2.24, 2.45) is 10.4 Å². The molecule has 0 spiro atoms. The number of halogens is 6. The molecular weight excluding hydrogens is 771 g/mol. The van der Waals surface area contributed by atoms with Gasteiger partial charge in [0.2, 0.25) is 5.96 Å². The van der Waals surface area contributed by atoms with E-state index in [4.69, 9.17) is 21.3 Å². The number of alkyl carbamates (subject to hydrolysis) is 1. The number of hydrogen-bond acceptors (Lipinski definition) is 9. The molecule has 2 unspecified atom stereocenters. The summed E-state index contributed by atoms with van der Waals surface area (Å²) >= 11 is 6.43. The van der Waals surface area contributed by atoms with E-state index in [2.05, 4.69) is 25.6 Å². The van der Waals surface area contributed by atoms with E-state index in [0.29, 0.717) is 23.7 Å². The minimum Gasteiger partial charge on any atom is -0.465 e. The van der Waals surface area contributed by atoms with E-state index >= 15 is 4.79 Å². The highest BCUT2D eigenvalue weighted by Gasteiger charge is 2.54. The number of guanidine groups is 1. The zero-order valence-electron chi connectivity index (χ0n) is 30.3. The zero-order chi connectivity index (χ0) is 40.7. The fourth-order valence-corrected chi connectivity index (χ4v) is 6.51. The average molecular weight is 807 g/mol. The molecule has 0 saturated heterocycles. The Bertz CT molecular complexity index is 2150. The molecule has 3 atom stereocenters. The highest BCUT2D eigenvalue weighted by atomic mass is 35.5. The van der Waals surface area contributed by atoms with E-state index < -0.39 is 66.4 Å². The predicted molar refractivity (Wildman–Crippen MR) is 189 cm³/mol. The van der Waals surface area contributed by atoms with Crippen LogP contribution in [0.25, 0.3) is 22.6 Å². The van der Waals surface area contributed by atoms with Crippen molar-refractivity contribution in [2.45, 2.75) is 83.3 Å². The summed E-state index contributed by atoms with van der Waals surface area (Å²) in [4.78, 5) is 51.3. The SMILES string of the molecule is CC(NC(=O)OC[C@H](c1ccc(Cl)c(-c2ncnn2C(F)F)c1)N1C(=O)C(CC(C)(C)C)(c2ccc(-c3cnn(C4CC4)n3)cc2)N=C1NC(=O)O)C(F)(F)F. The van der Waals surface area contributed by atoms with Crippen LogP contribution in [0, 0.1) is 5.41 Å². The number of amides is 3. The van der Waals surface area contributed by atoms with Gasteiger partial charge in [-0.15, -0.1) is 0 Å². The Morgan fingerprint density at radius 2 is 1.79 bits per heavy atom. The normalized spacial score (nSPS) is 18.5. The topological polar surface area (TPSA) is 182 Å². The van der Waals surface area contributed by atoms with Crippen LogP contribution < -0.4 is 10.6 Å². The van der Waals surface area contributed by atoms with Crippen LogP contribution >= 0.6 is 11.6 Å². The first-order chi connectivity index (χ1) is 26.3. The standard InChI is InChI=1S/C35H36ClF5N10O5/c1-18(35(39,40)41)45-32(55)56-15-26(20-7-12-24(36)23(13-20)27-42-17-44-50(27)29(37)38)49-28(52)34(16-33(2,3)4,47-30(49)46-31(53)54)21-8-5-19(6-9-21)25-14-43-51(48-25)22-10-11-22/h5-9,12-14,17-18,22,26,29H,10-11,15-16H2,1-4H3,(H,45,55)(H,46,47)(H,53,54)/t18?,26-,34?/m1/s1. The van der Waals surface area contributed by atoms with Crippen LogP contribution in [0.2, 0.25) is 5.02 Å². The van der Waals surface area contributed by atoms with Gasteiger partial charge in [-0.2, -0.15) is 46.7 Å². The third-order valence-electron chi connectivity index (χ3n) is 9.03. The fraction of sp³-hybridized carbons (Fsp3) is 0.429. The Labute approximate surface area is 320 Å². The molecule has 3 amide bonds. The van der Waals surface area contributed by atoms with Gasteiger partial charge in [0.1, 0.15) is 24.7 Å². The van der Waals surface area contributed by atoms with Gasteiger partial charge in [0.25, 0.3) is 5.91 Å². The molecule has 0 radical (unpaired) electrons. The van der Waals surface area contributed by atoms with Gasteiger partial charge in [-0.25, -0.2) is 19.6 Å². The number of rotatable bonds is 11. The van der Waals surface area contributed by atoms with Crippen LogP contribution in [0.5, 0.6) is 0 Å². The summed E-state index contributed by atoms with van der Waals surface area (Å²) in [6.45, 7) is 2.20. The lowest BCUT2D eigenvalue weighted by Gasteiger charge is -2.35. The molecular formula is C35H36ClF5N10O5. The van der Waals surface area contributed by atoms with E-state index in [0.717, 1.165) is 24.1 Å². The molecule has 4 aromatic rings. The second-order valence-corrected chi connectivity index (χ2v) is 15.0. The Morgan fingerprint density at radius 1 is 1.09 bits per heavy atom. The number of benzene rings is 2. The highest BCUT2D eigenvalue weighted by Crippen LogP contribution is 2.46. The average Bonchev–Trinajstić information content (AvgIpc) is 3.51. The number of hydrogen-bond donors (Lipinski definition) is 3. The second kappa shape index (κ2) is 15.1. The van der Waals surface area contributed by atoms with E-state index in [1.807, 2.05) is 20.8 Å². The van der Waals surface area contributed by atoms with Crippen LogP contribution in [-0.4, -0.2) is 82.6 Å². The maximum absolute atomic E-state index is 15.1. The van der Waals surface area contributed by atoms with Crippen LogP contribution in [0.1, 0.15) is 76.7 Å². The molecule has 15 nitrogen and oxygen atoms in total. The first-order valence-electron chi connectivity index (χ1n) is 17.2. The number of nitrogens with one attached hydrogen (secondary N) is 2. The molecule has 6 rings (SSSR count).